The second-order valence-electron chi connectivity index (χ2n) is 5.08. The van der Waals surface area contributed by atoms with E-state index in [0.29, 0.717) is 31.2 Å². The molecule has 1 saturated carbocycles. The molecule has 3 nitrogen and oxygen atoms in total. The highest BCUT2D eigenvalue weighted by molar-refractivity contribution is 4.84. The maximum absolute atomic E-state index is 9.35. The van der Waals surface area contributed by atoms with Crippen LogP contribution in [0.25, 0.3) is 0 Å². The summed E-state index contributed by atoms with van der Waals surface area (Å²) in [6.07, 6.45) is 8.57. The van der Waals surface area contributed by atoms with Crippen LogP contribution in [0, 0.1) is 5.92 Å². The smallest absolute Gasteiger partial charge is 0.0474 e. The van der Waals surface area contributed by atoms with Crippen molar-refractivity contribution < 1.29 is 5.11 Å². The lowest BCUT2D eigenvalue weighted by molar-refractivity contribution is 0.145. The highest BCUT2D eigenvalue weighted by Crippen LogP contribution is 2.24. The number of rotatable bonds is 7. The van der Waals surface area contributed by atoms with E-state index >= 15 is 0 Å². The van der Waals surface area contributed by atoms with Crippen LogP contribution in [0.3, 0.4) is 0 Å². The number of hydrogen-bond donors (Lipinski definition) is 3. The molecule has 3 atom stereocenters. The summed E-state index contributed by atoms with van der Waals surface area (Å²) >= 11 is 0. The monoisotopic (exact) mass is 228 g/mol. The average molecular weight is 228 g/mol. The molecule has 0 aromatic rings. The summed E-state index contributed by atoms with van der Waals surface area (Å²) in [4.78, 5) is 0. The molecule has 96 valence electrons. The Hall–Kier alpha value is -0.120. The first-order valence-electron chi connectivity index (χ1n) is 6.88. The van der Waals surface area contributed by atoms with E-state index in [4.69, 9.17) is 5.73 Å². The molecule has 3 heteroatoms. The van der Waals surface area contributed by atoms with Crippen LogP contribution < -0.4 is 11.1 Å². The van der Waals surface area contributed by atoms with Gasteiger partial charge in [0.15, 0.2) is 0 Å². The van der Waals surface area contributed by atoms with Crippen LogP contribution in [-0.4, -0.2) is 30.3 Å². The molecule has 1 fully saturated rings. The molecule has 0 spiro atoms. The van der Waals surface area contributed by atoms with Gasteiger partial charge in [0.05, 0.1) is 0 Å². The normalized spacial score (nSPS) is 27.9. The first-order chi connectivity index (χ1) is 7.81. The molecule has 1 aliphatic rings. The predicted octanol–water partition coefficient (Wildman–Crippen LogP) is 1.64. The van der Waals surface area contributed by atoms with Crippen molar-refractivity contribution in [2.45, 2.75) is 64.0 Å². The van der Waals surface area contributed by atoms with Crippen molar-refractivity contribution in [3.63, 3.8) is 0 Å². The molecule has 16 heavy (non-hydrogen) atoms. The standard InChI is InChI=1S/C13H28N2O/c1-2-3-7-12(9-14)15-13-8-5-4-6-11(13)10-16/h11-13,15-16H,2-10,14H2,1H3. The van der Waals surface area contributed by atoms with Gasteiger partial charge in [0.1, 0.15) is 0 Å². The van der Waals surface area contributed by atoms with E-state index in [1.807, 2.05) is 0 Å². The number of nitrogens with two attached hydrogens (primary N) is 1. The predicted molar refractivity (Wildman–Crippen MR) is 68.3 cm³/mol. The quantitative estimate of drug-likeness (QED) is 0.621. The molecular weight excluding hydrogens is 200 g/mol. The number of aliphatic hydroxyl groups excluding tert-OH is 1. The van der Waals surface area contributed by atoms with Gasteiger partial charge < -0.3 is 16.2 Å². The van der Waals surface area contributed by atoms with Crippen molar-refractivity contribution in [1.82, 2.24) is 5.32 Å². The van der Waals surface area contributed by atoms with Gasteiger partial charge in [0, 0.05) is 25.2 Å². The van der Waals surface area contributed by atoms with Gasteiger partial charge in [-0.15, -0.1) is 0 Å². The van der Waals surface area contributed by atoms with Gasteiger partial charge in [-0.25, -0.2) is 0 Å². The summed E-state index contributed by atoms with van der Waals surface area (Å²) in [6.45, 7) is 3.25. The van der Waals surface area contributed by atoms with Gasteiger partial charge in [0.2, 0.25) is 0 Å². The minimum Gasteiger partial charge on any atom is -0.396 e. The van der Waals surface area contributed by atoms with Crippen molar-refractivity contribution in [3.05, 3.63) is 0 Å². The Bertz CT molecular complexity index is 175. The average Bonchev–Trinajstić information content (AvgIpc) is 2.34. The molecule has 1 aliphatic carbocycles. The summed E-state index contributed by atoms with van der Waals surface area (Å²) in [5, 5.41) is 13.0. The summed E-state index contributed by atoms with van der Waals surface area (Å²) in [5.41, 5.74) is 5.79. The Morgan fingerprint density at radius 1 is 1.38 bits per heavy atom. The van der Waals surface area contributed by atoms with Gasteiger partial charge in [-0.2, -0.15) is 0 Å². The summed E-state index contributed by atoms with van der Waals surface area (Å²) in [5.74, 6) is 0.449. The van der Waals surface area contributed by atoms with E-state index in [1.165, 1.54) is 44.9 Å². The molecule has 0 heterocycles. The molecule has 0 aromatic heterocycles. The van der Waals surface area contributed by atoms with Crippen molar-refractivity contribution in [3.8, 4) is 0 Å². The van der Waals surface area contributed by atoms with Crippen molar-refractivity contribution in [2.75, 3.05) is 13.2 Å². The van der Waals surface area contributed by atoms with E-state index in [9.17, 15) is 5.11 Å². The highest BCUT2D eigenvalue weighted by Gasteiger charge is 2.25. The Balaban J connectivity index is 2.35. The summed E-state index contributed by atoms with van der Waals surface area (Å²) in [7, 11) is 0. The molecule has 0 bridgehead atoms. The number of unbranched alkanes of at least 4 members (excludes halogenated alkanes) is 1. The van der Waals surface area contributed by atoms with E-state index in [2.05, 4.69) is 12.2 Å². The lowest BCUT2D eigenvalue weighted by Gasteiger charge is -2.34. The van der Waals surface area contributed by atoms with Gasteiger partial charge in [-0.1, -0.05) is 32.6 Å². The SMILES string of the molecule is CCCCC(CN)NC1CCCCC1CO. The van der Waals surface area contributed by atoms with E-state index in [1.54, 1.807) is 0 Å². The largest absolute Gasteiger partial charge is 0.396 e. The zero-order valence-electron chi connectivity index (χ0n) is 10.6. The lowest BCUT2D eigenvalue weighted by Crippen LogP contribution is -2.48. The van der Waals surface area contributed by atoms with Crippen LogP contribution in [0.2, 0.25) is 0 Å². The second-order valence-corrected chi connectivity index (χ2v) is 5.08. The minimum atomic E-state index is 0.322. The summed E-state index contributed by atoms with van der Waals surface area (Å²) in [6, 6.07) is 0.932. The molecular formula is C13H28N2O. The fourth-order valence-electron chi connectivity index (χ4n) is 2.67. The fourth-order valence-corrected chi connectivity index (χ4v) is 2.67. The topological polar surface area (TPSA) is 58.3 Å². The van der Waals surface area contributed by atoms with Crippen LogP contribution in [0.5, 0.6) is 0 Å². The molecule has 0 radical (unpaired) electrons. The summed E-state index contributed by atoms with van der Waals surface area (Å²) < 4.78 is 0. The molecule has 0 aliphatic heterocycles. The first-order valence-corrected chi connectivity index (χ1v) is 6.88. The van der Waals surface area contributed by atoms with E-state index in [-0.39, 0.29) is 0 Å². The third-order valence-corrected chi connectivity index (χ3v) is 3.78. The van der Waals surface area contributed by atoms with Crippen LogP contribution in [-0.2, 0) is 0 Å². The lowest BCUT2D eigenvalue weighted by atomic mass is 9.84. The maximum Gasteiger partial charge on any atom is 0.0474 e. The van der Waals surface area contributed by atoms with Gasteiger partial charge >= 0.3 is 0 Å². The molecule has 1 rings (SSSR count). The van der Waals surface area contributed by atoms with Gasteiger partial charge in [-0.05, 0) is 25.2 Å². The molecule has 4 N–H and O–H groups in total. The Labute approximate surface area is 99.8 Å². The second kappa shape index (κ2) is 8.04. The maximum atomic E-state index is 9.35. The Kier molecular flexibility index (Phi) is 7.01. The molecule has 0 aromatic carbocycles. The number of hydrogen-bond acceptors (Lipinski definition) is 3. The number of aliphatic hydroxyl groups is 1. The minimum absolute atomic E-state index is 0.322. The molecule has 3 unspecified atom stereocenters. The van der Waals surface area contributed by atoms with Crippen molar-refractivity contribution in [2.24, 2.45) is 11.7 Å². The Morgan fingerprint density at radius 2 is 2.12 bits per heavy atom. The zero-order valence-corrected chi connectivity index (χ0v) is 10.6. The number of nitrogens with one attached hydrogen (secondary N) is 1. The van der Waals surface area contributed by atoms with Crippen LogP contribution >= 0.6 is 0 Å². The van der Waals surface area contributed by atoms with Crippen molar-refractivity contribution >= 4 is 0 Å². The van der Waals surface area contributed by atoms with E-state index in [0.717, 1.165) is 0 Å². The third-order valence-electron chi connectivity index (χ3n) is 3.78. The van der Waals surface area contributed by atoms with Crippen LogP contribution in [0.15, 0.2) is 0 Å². The Morgan fingerprint density at radius 3 is 2.75 bits per heavy atom. The highest BCUT2D eigenvalue weighted by atomic mass is 16.3. The third kappa shape index (κ3) is 4.40. The van der Waals surface area contributed by atoms with Crippen molar-refractivity contribution in [1.29, 1.82) is 0 Å². The zero-order chi connectivity index (χ0) is 11.8. The van der Waals surface area contributed by atoms with E-state index < -0.39 is 0 Å². The van der Waals surface area contributed by atoms with Gasteiger partial charge in [0.25, 0.3) is 0 Å². The fraction of sp³-hybridized carbons (Fsp3) is 1.00. The van der Waals surface area contributed by atoms with Crippen LogP contribution in [0.1, 0.15) is 51.9 Å². The van der Waals surface area contributed by atoms with Gasteiger partial charge in [-0.3, -0.25) is 0 Å². The molecule has 0 saturated heterocycles. The van der Waals surface area contributed by atoms with Crippen LogP contribution in [0.4, 0.5) is 0 Å². The first kappa shape index (κ1) is 13.9. The molecule has 0 amide bonds.